The molecular formula is C18H29ClFN3O3. The average Bonchev–Trinajstić information content (AvgIpc) is 2.65. The predicted molar refractivity (Wildman–Crippen MR) is 102 cm³/mol. The monoisotopic (exact) mass is 389 g/mol. The summed E-state index contributed by atoms with van der Waals surface area (Å²) in [7, 11) is 1.67. The van der Waals surface area contributed by atoms with Gasteiger partial charge in [0.15, 0.2) is 0 Å². The number of amides is 1. The number of ether oxygens (including phenoxy) is 2. The molecule has 1 saturated heterocycles. The molecule has 1 aliphatic rings. The Hall–Kier alpha value is -1.41. The van der Waals surface area contributed by atoms with Crippen molar-refractivity contribution in [2.75, 3.05) is 66.1 Å². The Labute approximate surface area is 161 Å². The Bertz CT molecular complexity index is 513. The van der Waals surface area contributed by atoms with Crippen LogP contribution >= 0.6 is 12.4 Å². The van der Waals surface area contributed by atoms with E-state index in [-0.39, 0.29) is 24.1 Å². The molecule has 1 fully saturated rings. The van der Waals surface area contributed by atoms with Gasteiger partial charge in [-0.2, -0.15) is 0 Å². The molecule has 2 rings (SSSR count). The molecule has 0 aromatic heterocycles. The zero-order valence-electron chi connectivity index (χ0n) is 15.3. The summed E-state index contributed by atoms with van der Waals surface area (Å²) in [6.45, 7) is 6.51. The molecule has 1 amide bonds. The van der Waals surface area contributed by atoms with Crippen molar-refractivity contribution in [2.24, 2.45) is 0 Å². The second kappa shape index (κ2) is 12.9. The lowest BCUT2D eigenvalue weighted by atomic mass is 10.3. The van der Waals surface area contributed by atoms with Gasteiger partial charge in [-0.3, -0.25) is 9.69 Å². The van der Waals surface area contributed by atoms with Crippen LogP contribution in [0, 0.1) is 5.82 Å². The Morgan fingerprint density at radius 2 is 1.81 bits per heavy atom. The van der Waals surface area contributed by atoms with Crippen LogP contribution in [0.15, 0.2) is 24.3 Å². The molecule has 1 aromatic carbocycles. The van der Waals surface area contributed by atoms with Gasteiger partial charge in [0.05, 0.1) is 6.61 Å². The molecule has 0 atom stereocenters. The largest absolute Gasteiger partial charge is 0.492 e. The summed E-state index contributed by atoms with van der Waals surface area (Å²) in [5, 5.41) is 3.25. The number of piperazine rings is 1. The third kappa shape index (κ3) is 8.31. The predicted octanol–water partition coefficient (Wildman–Crippen LogP) is 1.40. The van der Waals surface area contributed by atoms with Crippen molar-refractivity contribution in [1.29, 1.82) is 0 Å². The van der Waals surface area contributed by atoms with Gasteiger partial charge in [0, 0.05) is 59.3 Å². The summed E-state index contributed by atoms with van der Waals surface area (Å²) < 4.78 is 23.7. The van der Waals surface area contributed by atoms with Crippen molar-refractivity contribution in [1.82, 2.24) is 15.1 Å². The second-order valence-electron chi connectivity index (χ2n) is 6.02. The molecule has 1 aromatic rings. The van der Waals surface area contributed by atoms with E-state index in [4.69, 9.17) is 9.47 Å². The molecule has 1 aliphatic heterocycles. The van der Waals surface area contributed by atoms with Crippen molar-refractivity contribution in [3.63, 3.8) is 0 Å². The van der Waals surface area contributed by atoms with Crippen LogP contribution < -0.4 is 10.1 Å². The number of halogens is 2. The van der Waals surface area contributed by atoms with Crippen LogP contribution in [0.25, 0.3) is 0 Å². The van der Waals surface area contributed by atoms with E-state index >= 15 is 0 Å². The van der Waals surface area contributed by atoms with Gasteiger partial charge in [0.25, 0.3) is 0 Å². The number of methoxy groups -OCH3 is 1. The fourth-order valence-corrected chi connectivity index (χ4v) is 2.71. The summed E-state index contributed by atoms with van der Waals surface area (Å²) in [5.74, 6) is 0.564. The van der Waals surface area contributed by atoms with Crippen molar-refractivity contribution < 1.29 is 18.7 Å². The normalized spacial score (nSPS) is 14.2. The highest BCUT2D eigenvalue weighted by Crippen LogP contribution is 2.11. The maximum atomic E-state index is 12.9. The summed E-state index contributed by atoms with van der Waals surface area (Å²) in [4.78, 5) is 16.4. The molecule has 1 heterocycles. The Kier molecular flexibility index (Phi) is 11.2. The molecule has 0 bridgehead atoms. The topological polar surface area (TPSA) is 54.0 Å². The minimum absolute atomic E-state index is 0. The van der Waals surface area contributed by atoms with Gasteiger partial charge in [-0.15, -0.1) is 12.4 Å². The minimum Gasteiger partial charge on any atom is -0.492 e. The van der Waals surface area contributed by atoms with Crippen molar-refractivity contribution in [2.45, 2.75) is 6.42 Å². The summed E-state index contributed by atoms with van der Waals surface area (Å²) in [5.41, 5.74) is 0. The molecule has 6 nitrogen and oxygen atoms in total. The number of carbonyl (C=O) groups is 1. The van der Waals surface area contributed by atoms with Crippen LogP contribution in [0.4, 0.5) is 4.39 Å². The molecule has 26 heavy (non-hydrogen) atoms. The number of hydrogen-bond donors (Lipinski definition) is 1. The van der Waals surface area contributed by atoms with Gasteiger partial charge in [0.2, 0.25) is 5.91 Å². The van der Waals surface area contributed by atoms with Crippen LogP contribution in [0.5, 0.6) is 5.75 Å². The van der Waals surface area contributed by atoms with E-state index in [9.17, 15) is 9.18 Å². The lowest BCUT2D eigenvalue weighted by Gasteiger charge is -2.29. The van der Waals surface area contributed by atoms with Crippen LogP contribution in [-0.4, -0.2) is 81.8 Å². The third-order valence-corrected chi connectivity index (χ3v) is 4.21. The first-order valence-electron chi connectivity index (χ1n) is 8.77. The fourth-order valence-electron chi connectivity index (χ4n) is 2.71. The van der Waals surface area contributed by atoms with Crippen LogP contribution in [0.2, 0.25) is 0 Å². The molecule has 0 saturated carbocycles. The van der Waals surface area contributed by atoms with E-state index in [1.165, 1.54) is 12.1 Å². The smallest absolute Gasteiger partial charge is 0.223 e. The van der Waals surface area contributed by atoms with Gasteiger partial charge < -0.3 is 19.7 Å². The van der Waals surface area contributed by atoms with Gasteiger partial charge >= 0.3 is 0 Å². The van der Waals surface area contributed by atoms with Gasteiger partial charge in [-0.05, 0) is 24.3 Å². The van der Waals surface area contributed by atoms with E-state index in [0.29, 0.717) is 38.5 Å². The summed E-state index contributed by atoms with van der Waals surface area (Å²) in [6.07, 6.45) is 0.500. The molecular weight excluding hydrogens is 361 g/mol. The van der Waals surface area contributed by atoms with E-state index in [1.807, 2.05) is 4.90 Å². The number of carbonyl (C=O) groups excluding carboxylic acids is 1. The lowest BCUT2D eigenvalue weighted by molar-refractivity contribution is -0.132. The first kappa shape index (κ1) is 22.6. The van der Waals surface area contributed by atoms with E-state index < -0.39 is 0 Å². The summed E-state index contributed by atoms with van der Waals surface area (Å²) in [6, 6.07) is 5.99. The number of nitrogens with zero attached hydrogens (tertiary/aromatic N) is 2. The molecule has 148 valence electrons. The van der Waals surface area contributed by atoms with Gasteiger partial charge in [-0.1, -0.05) is 0 Å². The maximum Gasteiger partial charge on any atom is 0.223 e. The van der Waals surface area contributed by atoms with Crippen LogP contribution in [0.1, 0.15) is 6.42 Å². The van der Waals surface area contributed by atoms with E-state index in [1.54, 1.807) is 19.2 Å². The zero-order chi connectivity index (χ0) is 17.9. The third-order valence-electron chi connectivity index (χ3n) is 4.21. The molecule has 0 radical (unpaired) electrons. The highest BCUT2D eigenvalue weighted by atomic mass is 35.5. The van der Waals surface area contributed by atoms with Crippen molar-refractivity contribution in [3.05, 3.63) is 30.1 Å². The quantitative estimate of drug-likeness (QED) is 0.655. The number of hydrogen-bond acceptors (Lipinski definition) is 5. The van der Waals surface area contributed by atoms with E-state index in [0.717, 1.165) is 32.7 Å². The minimum atomic E-state index is -0.277. The molecule has 8 heteroatoms. The van der Waals surface area contributed by atoms with Crippen molar-refractivity contribution >= 4 is 18.3 Å². The standard InChI is InChI=1S/C18H28FN3O3.ClH/c1-24-14-12-21(9-6-18(23)22-10-7-20-8-11-22)13-15-25-17-4-2-16(19)3-5-17;/h2-5,20H,6-15H2,1H3;1H. The first-order chi connectivity index (χ1) is 12.2. The van der Waals surface area contributed by atoms with Crippen molar-refractivity contribution in [3.8, 4) is 5.75 Å². The highest BCUT2D eigenvalue weighted by molar-refractivity contribution is 5.85. The molecule has 0 spiro atoms. The number of benzene rings is 1. The van der Waals surface area contributed by atoms with Crippen LogP contribution in [0.3, 0.4) is 0 Å². The molecule has 0 unspecified atom stereocenters. The SMILES string of the molecule is COCCN(CCOc1ccc(F)cc1)CCC(=O)N1CCNCC1.Cl. The van der Waals surface area contributed by atoms with E-state index in [2.05, 4.69) is 10.2 Å². The maximum absolute atomic E-state index is 12.9. The number of nitrogens with one attached hydrogen (secondary N) is 1. The number of rotatable bonds is 10. The fraction of sp³-hybridized carbons (Fsp3) is 0.611. The summed E-state index contributed by atoms with van der Waals surface area (Å²) >= 11 is 0. The highest BCUT2D eigenvalue weighted by Gasteiger charge is 2.17. The molecule has 0 aliphatic carbocycles. The van der Waals surface area contributed by atoms with Gasteiger partial charge in [0.1, 0.15) is 18.2 Å². The zero-order valence-corrected chi connectivity index (χ0v) is 16.1. The van der Waals surface area contributed by atoms with Gasteiger partial charge in [-0.25, -0.2) is 4.39 Å². The first-order valence-corrected chi connectivity index (χ1v) is 8.77. The van der Waals surface area contributed by atoms with Crippen LogP contribution in [-0.2, 0) is 9.53 Å². The Morgan fingerprint density at radius 3 is 2.46 bits per heavy atom. The Morgan fingerprint density at radius 1 is 1.15 bits per heavy atom. The second-order valence-corrected chi connectivity index (χ2v) is 6.02. The Balaban J connectivity index is 0.00000338. The average molecular weight is 390 g/mol. The lowest BCUT2D eigenvalue weighted by Crippen LogP contribution is -2.47. The molecule has 1 N–H and O–H groups in total.